The van der Waals surface area contributed by atoms with E-state index in [0.717, 1.165) is 24.0 Å². The number of rotatable bonds is 3. The molecule has 5 heteroatoms. The predicted molar refractivity (Wildman–Crippen MR) is 62.6 cm³/mol. The fourth-order valence-electron chi connectivity index (χ4n) is 1.70. The van der Waals surface area contributed by atoms with Crippen molar-refractivity contribution in [2.45, 2.75) is 26.2 Å². The number of unbranched alkanes of at least 4 members (excludes halogenated alkanes) is 1. The summed E-state index contributed by atoms with van der Waals surface area (Å²) >= 11 is 0. The number of aromatic amines is 1. The Morgan fingerprint density at radius 3 is 3.12 bits per heavy atom. The van der Waals surface area contributed by atoms with Crippen LogP contribution in [0.25, 0.3) is 11.2 Å². The molecule has 16 heavy (non-hydrogen) atoms. The zero-order valence-electron chi connectivity index (χ0n) is 9.25. The number of fused-ring (bicyclic) bond motifs is 1. The largest absolute Gasteiger partial charge is 0.345 e. The van der Waals surface area contributed by atoms with Crippen molar-refractivity contribution < 1.29 is 0 Å². The van der Waals surface area contributed by atoms with Gasteiger partial charge < -0.3 is 4.98 Å². The van der Waals surface area contributed by atoms with E-state index in [1.165, 1.54) is 6.20 Å². The molecule has 0 amide bonds. The van der Waals surface area contributed by atoms with E-state index in [0.29, 0.717) is 12.3 Å². The summed E-state index contributed by atoms with van der Waals surface area (Å²) in [6.45, 7) is 2.10. The molecule has 0 saturated carbocycles. The number of hydrogen-bond acceptors (Lipinski definition) is 3. The van der Waals surface area contributed by atoms with Gasteiger partial charge in [0.25, 0.3) is 0 Å². The first-order chi connectivity index (χ1) is 7.74. The normalized spacial score (nSPS) is 10.8. The molecule has 0 bridgehead atoms. The highest BCUT2D eigenvalue weighted by Crippen LogP contribution is 2.07. The van der Waals surface area contributed by atoms with E-state index in [-0.39, 0.29) is 5.49 Å². The zero-order chi connectivity index (χ0) is 11.5. The van der Waals surface area contributed by atoms with Crippen LogP contribution in [-0.2, 0) is 0 Å². The quantitative estimate of drug-likeness (QED) is 0.532. The molecule has 0 radical (unpaired) electrons. The van der Waals surface area contributed by atoms with Gasteiger partial charge in [0.05, 0.1) is 11.7 Å². The Labute approximate surface area is 93.2 Å². The topological polar surface area (TPSA) is 81.3 Å². The van der Waals surface area contributed by atoms with Gasteiger partial charge >= 0.3 is 0 Å². The SMILES string of the molecule is CCCCC(=N)n1c(=N)cnc2[nH]ccc21. The zero-order valence-corrected chi connectivity index (χ0v) is 9.25. The summed E-state index contributed by atoms with van der Waals surface area (Å²) in [6, 6.07) is 1.85. The first-order valence-electron chi connectivity index (χ1n) is 5.41. The van der Waals surface area contributed by atoms with E-state index in [2.05, 4.69) is 16.9 Å². The molecule has 0 aliphatic rings. The Balaban J connectivity index is 2.49. The smallest absolute Gasteiger partial charge is 0.154 e. The molecule has 0 spiro atoms. The molecule has 0 fully saturated rings. The van der Waals surface area contributed by atoms with Crippen LogP contribution < -0.4 is 5.49 Å². The van der Waals surface area contributed by atoms with Gasteiger partial charge in [0.2, 0.25) is 0 Å². The summed E-state index contributed by atoms with van der Waals surface area (Å²) in [7, 11) is 0. The summed E-state index contributed by atoms with van der Waals surface area (Å²) < 4.78 is 1.63. The third-order valence-electron chi connectivity index (χ3n) is 2.54. The van der Waals surface area contributed by atoms with Crippen molar-refractivity contribution in [2.24, 2.45) is 0 Å². The Kier molecular flexibility index (Phi) is 2.85. The summed E-state index contributed by atoms with van der Waals surface area (Å²) in [6.07, 6.45) is 5.97. The number of hydrogen-bond donors (Lipinski definition) is 3. The predicted octanol–water partition coefficient (Wildman–Crippen LogP) is 1.86. The van der Waals surface area contributed by atoms with E-state index < -0.39 is 0 Å². The second-order valence-corrected chi connectivity index (χ2v) is 3.74. The molecule has 2 aromatic rings. The minimum absolute atomic E-state index is 0.258. The highest BCUT2D eigenvalue weighted by atomic mass is 15.1. The third kappa shape index (κ3) is 1.76. The fraction of sp³-hybridized carbons (Fsp3) is 0.364. The Morgan fingerprint density at radius 2 is 2.38 bits per heavy atom. The minimum Gasteiger partial charge on any atom is -0.345 e. The van der Waals surface area contributed by atoms with Crippen LogP contribution in [0.4, 0.5) is 0 Å². The average Bonchev–Trinajstić information content (AvgIpc) is 2.73. The van der Waals surface area contributed by atoms with Gasteiger partial charge in [0.1, 0.15) is 11.3 Å². The van der Waals surface area contributed by atoms with Crippen molar-refractivity contribution in [3.05, 3.63) is 23.9 Å². The lowest BCUT2D eigenvalue weighted by Crippen LogP contribution is -2.26. The molecule has 0 aromatic carbocycles. The van der Waals surface area contributed by atoms with Gasteiger partial charge in [0.15, 0.2) is 5.65 Å². The van der Waals surface area contributed by atoms with Crippen LogP contribution >= 0.6 is 0 Å². The second kappa shape index (κ2) is 4.30. The molecule has 0 saturated heterocycles. The van der Waals surface area contributed by atoms with Crippen LogP contribution in [-0.4, -0.2) is 20.4 Å². The first-order valence-corrected chi connectivity index (χ1v) is 5.41. The van der Waals surface area contributed by atoms with Gasteiger partial charge in [-0.1, -0.05) is 13.3 Å². The molecule has 2 heterocycles. The Bertz CT molecular complexity index is 563. The highest BCUT2D eigenvalue weighted by molar-refractivity contribution is 5.89. The molecule has 2 aromatic heterocycles. The van der Waals surface area contributed by atoms with Crippen molar-refractivity contribution in [1.82, 2.24) is 14.5 Å². The van der Waals surface area contributed by atoms with Crippen molar-refractivity contribution >= 4 is 17.0 Å². The van der Waals surface area contributed by atoms with Crippen LogP contribution in [0.1, 0.15) is 26.2 Å². The maximum absolute atomic E-state index is 8.00. The molecule has 0 aliphatic heterocycles. The Morgan fingerprint density at radius 1 is 1.56 bits per heavy atom. The highest BCUT2D eigenvalue weighted by Gasteiger charge is 2.07. The number of aromatic nitrogens is 3. The van der Waals surface area contributed by atoms with E-state index in [1.54, 1.807) is 10.8 Å². The fourth-order valence-corrected chi connectivity index (χ4v) is 1.70. The van der Waals surface area contributed by atoms with Crippen LogP contribution in [0.2, 0.25) is 0 Å². The number of nitrogens with zero attached hydrogens (tertiary/aromatic N) is 2. The molecule has 5 nitrogen and oxygen atoms in total. The lowest BCUT2D eigenvalue weighted by Gasteiger charge is -2.09. The minimum atomic E-state index is 0.258. The molecule has 0 unspecified atom stereocenters. The first kappa shape index (κ1) is 10.6. The van der Waals surface area contributed by atoms with Gasteiger partial charge in [-0.05, 0) is 12.5 Å². The molecule has 3 N–H and O–H groups in total. The third-order valence-corrected chi connectivity index (χ3v) is 2.54. The van der Waals surface area contributed by atoms with Crippen molar-refractivity contribution in [1.29, 1.82) is 10.8 Å². The summed E-state index contributed by atoms with van der Waals surface area (Å²) in [5.41, 5.74) is 1.78. The molecular formula is C11H15N5. The van der Waals surface area contributed by atoms with Crippen LogP contribution in [0.3, 0.4) is 0 Å². The second-order valence-electron chi connectivity index (χ2n) is 3.74. The van der Waals surface area contributed by atoms with Gasteiger partial charge in [0, 0.05) is 12.6 Å². The maximum atomic E-state index is 8.00. The summed E-state index contributed by atoms with van der Waals surface area (Å²) in [5.74, 6) is 0.457. The van der Waals surface area contributed by atoms with Gasteiger partial charge in [-0.3, -0.25) is 15.4 Å². The lowest BCUT2D eigenvalue weighted by atomic mass is 10.2. The van der Waals surface area contributed by atoms with Crippen LogP contribution in [0.15, 0.2) is 18.5 Å². The number of nitrogens with one attached hydrogen (secondary N) is 3. The van der Waals surface area contributed by atoms with E-state index >= 15 is 0 Å². The van der Waals surface area contributed by atoms with E-state index in [9.17, 15) is 0 Å². The average molecular weight is 217 g/mol. The number of H-pyrrole nitrogens is 1. The van der Waals surface area contributed by atoms with Crippen molar-refractivity contribution in [3.8, 4) is 0 Å². The van der Waals surface area contributed by atoms with Gasteiger partial charge in [-0.15, -0.1) is 0 Å². The molecule has 0 atom stereocenters. The standard InChI is InChI=1S/C11H15N5/c1-2-3-4-9(12)16-8-5-6-14-11(8)15-7-10(16)13/h5-7,12-14H,2-4H2,1H3. The van der Waals surface area contributed by atoms with Gasteiger partial charge in [-0.2, -0.15) is 0 Å². The van der Waals surface area contributed by atoms with Crippen molar-refractivity contribution in [2.75, 3.05) is 0 Å². The van der Waals surface area contributed by atoms with Crippen LogP contribution in [0.5, 0.6) is 0 Å². The molecule has 84 valence electrons. The van der Waals surface area contributed by atoms with E-state index in [4.69, 9.17) is 10.8 Å². The molecular weight excluding hydrogens is 202 g/mol. The van der Waals surface area contributed by atoms with Crippen molar-refractivity contribution in [3.63, 3.8) is 0 Å². The summed E-state index contributed by atoms with van der Waals surface area (Å²) in [5, 5.41) is 15.8. The van der Waals surface area contributed by atoms with Crippen LogP contribution in [0, 0.1) is 10.8 Å². The molecule has 0 aliphatic carbocycles. The van der Waals surface area contributed by atoms with E-state index in [1.807, 2.05) is 6.07 Å². The van der Waals surface area contributed by atoms with Gasteiger partial charge in [-0.25, -0.2) is 4.98 Å². The maximum Gasteiger partial charge on any atom is 0.154 e. The summed E-state index contributed by atoms with van der Waals surface area (Å²) in [4.78, 5) is 7.09. The lowest BCUT2D eigenvalue weighted by molar-refractivity contribution is 0.806. The molecule has 2 rings (SSSR count). The Hall–Kier alpha value is -1.91. The monoisotopic (exact) mass is 217 g/mol.